The van der Waals surface area contributed by atoms with E-state index in [4.69, 9.17) is 5.73 Å². The summed E-state index contributed by atoms with van der Waals surface area (Å²) in [6, 6.07) is 6.16. The molecule has 0 aliphatic carbocycles. The highest BCUT2D eigenvalue weighted by Gasteiger charge is 2.08. The van der Waals surface area contributed by atoms with Crippen molar-refractivity contribution < 1.29 is 9.18 Å². The lowest BCUT2D eigenvalue weighted by Crippen LogP contribution is -2.10. The summed E-state index contributed by atoms with van der Waals surface area (Å²) in [4.78, 5) is 10.6. The molecule has 4 nitrogen and oxygen atoms in total. The summed E-state index contributed by atoms with van der Waals surface area (Å²) in [5.74, 6) is -0.677. The van der Waals surface area contributed by atoms with Gasteiger partial charge in [-0.05, 0) is 12.1 Å². The predicted octanol–water partition coefficient (Wildman–Crippen LogP) is 1.76. The van der Waals surface area contributed by atoms with E-state index in [1.54, 1.807) is 12.1 Å². The van der Waals surface area contributed by atoms with Gasteiger partial charge >= 0.3 is 0 Å². The van der Waals surface area contributed by atoms with Crippen LogP contribution in [0.15, 0.2) is 24.3 Å². The minimum absolute atomic E-state index is 0.248. The molecule has 0 spiro atoms. The van der Waals surface area contributed by atoms with E-state index in [1.165, 1.54) is 23.5 Å². The van der Waals surface area contributed by atoms with Gasteiger partial charge in [0.2, 0.25) is 5.91 Å². The second-order valence-corrected chi connectivity index (χ2v) is 4.54. The van der Waals surface area contributed by atoms with Crippen molar-refractivity contribution in [2.45, 2.75) is 12.8 Å². The molecule has 0 unspecified atom stereocenters. The fourth-order valence-corrected chi connectivity index (χ4v) is 2.16. The molecule has 0 bridgehead atoms. The fourth-order valence-electron chi connectivity index (χ4n) is 1.32. The molecule has 0 aliphatic heterocycles. The Hall–Kier alpha value is -1.82. The number of nitrogens with two attached hydrogens (primary N) is 1. The van der Waals surface area contributed by atoms with Crippen LogP contribution in [0.2, 0.25) is 0 Å². The van der Waals surface area contributed by atoms with Crippen LogP contribution in [0.3, 0.4) is 0 Å². The van der Waals surface area contributed by atoms with Gasteiger partial charge in [-0.25, -0.2) is 4.39 Å². The van der Waals surface area contributed by atoms with Gasteiger partial charge in [0.05, 0.1) is 0 Å². The van der Waals surface area contributed by atoms with E-state index in [-0.39, 0.29) is 18.1 Å². The van der Waals surface area contributed by atoms with Gasteiger partial charge in [0, 0.05) is 18.4 Å². The third kappa shape index (κ3) is 3.07. The number of aryl methyl sites for hydroxylation is 1. The number of primary amides is 1. The van der Waals surface area contributed by atoms with Crippen molar-refractivity contribution >= 4 is 17.2 Å². The Balaban J connectivity index is 2.15. The van der Waals surface area contributed by atoms with Crippen LogP contribution in [-0.4, -0.2) is 16.1 Å². The Morgan fingerprint density at radius 3 is 2.94 bits per heavy atom. The van der Waals surface area contributed by atoms with Crippen LogP contribution in [0.4, 0.5) is 4.39 Å². The van der Waals surface area contributed by atoms with E-state index in [1.807, 2.05) is 0 Å². The number of aromatic nitrogens is 2. The Kier molecular flexibility index (Phi) is 3.43. The highest BCUT2D eigenvalue weighted by molar-refractivity contribution is 7.14. The average Bonchev–Trinajstić information content (AvgIpc) is 2.75. The Morgan fingerprint density at radius 1 is 1.41 bits per heavy atom. The average molecular weight is 251 g/mol. The summed E-state index contributed by atoms with van der Waals surface area (Å²) in [5.41, 5.74) is 5.73. The third-order valence-electron chi connectivity index (χ3n) is 2.12. The minimum atomic E-state index is -0.368. The summed E-state index contributed by atoms with van der Waals surface area (Å²) >= 11 is 1.34. The van der Waals surface area contributed by atoms with Gasteiger partial charge in [0.1, 0.15) is 15.8 Å². The van der Waals surface area contributed by atoms with Crippen molar-refractivity contribution in [2.24, 2.45) is 5.73 Å². The summed E-state index contributed by atoms with van der Waals surface area (Å²) in [7, 11) is 0. The van der Waals surface area contributed by atoms with Gasteiger partial charge in [-0.3, -0.25) is 4.79 Å². The van der Waals surface area contributed by atoms with E-state index in [9.17, 15) is 9.18 Å². The molecule has 1 aromatic carbocycles. The molecule has 2 aromatic rings. The van der Waals surface area contributed by atoms with Crippen LogP contribution in [0.1, 0.15) is 11.4 Å². The Bertz CT molecular complexity index is 541. The molecule has 1 aromatic heterocycles. The molecule has 6 heteroatoms. The third-order valence-corrected chi connectivity index (χ3v) is 3.16. The van der Waals surface area contributed by atoms with E-state index >= 15 is 0 Å². The van der Waals surface area contributed by atoms with Gasteiger partial charge in [-0.2, -0.15) is 0 Å². The van der Waals surface area contributed by atoms with Gasteiger partial charge in [0.25, 0.3) is 0 Å². The monoisotopic (exact) mass is 251 g/mol. The number of hydrogen-bond donors (Lipinski definition) is 1. The first-order valence-electron chi connectivity index (χ1n) is 5.02. The van der Waals surface area contributed by atoms with Gasteiger partial charge in [-0.1, -0.05) is 23.5 Å². The zero-order valence-electron chi connectivity index (χ0n) is 8.89. The number of hydrogen-bond acceptors (Lipinski definition) is 4. The number of amides is 1. The van der Waals surface area contributed by atoms with E-state index in [0.29, 0.717) is 17.0 Å². The lowest BCUT2D eigenvalue weighted by molar-refractivity contribution is -0.117. The number of nitrogens with zero attached hydrogens (tertiary/aromatic N) is 2. The maximum atomic E-state index is 13.0. The molecular weight excluding hydrogens is 241 g/mol. The summed E-state index contributed by atoms with van der Waals surface area (Å²) in [6.45, 7) is 0. The first kappa shape index (κ1) is 11.7. The quantitative estimate of drug-likeness (QED) is 0.900. The van der Waals surface area contributed by atoms with Crippen molar-refractivity contribution in [1.29, 1.82) is 0 Å². The number of benzene rings is 1. The van der Waals surface area contributed by atoms with Crippen LogP contribution in [-0.2, 0) is 11.2 Å². The normalized spacial score (nSPS) is 10.4. The van der Waals surface area contributed by atoms with Crippen LogP contribution in [0.5, 0.6) is 0 Å². The van der Waals surface area contributed by atoms with Gasteiger partial charge in [-0.15, -0.1) is 10.2 Å². The molecule has 2 rings (SSSR count). The smallest absolute Gasteiger partial charge is 0.217 e. The molecule has 0 fully saturated rings. The van der Waals surface area contributed by atoms with Crippen molar-refractivity contribution in [3.8, 4) is 10.6 Å². The van der Waals surface area contributed by atoms with E-state index in [2.05, 4.69) is 10.2 Å². The van der Waals surface area contributed by atoms with Crippen LogP contribution in [0, 0.1) is 5.82 Å². The van der Waals surface area contributed by atoms with Crippen molar-refractivity contribution in [3.05, 3.63) is 35.1 Å². The minimum Gasteiger partial charge on any atom is -0.370 e. The molecular formula is C11H10FN3OS. The molecule has 0 saturated carbocycles. The van der Waals surface area contributed by atoms with Crippen molar-refractivity contribution in [1.82, 2.24) is 10.2 Å². The molecule has 0 atom stereocenters. The maximum Gasteiger partial charge on any atom is 0.217 e. The lowest BCUT2D eigenvalue weighted by Gasteiger charge is -1.94. The molecule has 0 aliphatic rings. The molecule has 1 amide bonds. The standard InChI is InChI=1S/C11H10FN3OS/c12-8-3-1-2-7(6-8)11-15-14-10(17-11)5-4-9(13)16/h1-3,6H,4-5H2,(H2,13,16). The molecule has 0 saturated heterocycles. The van der Waals surface area contributed by atoms with Crippen LogP contribution < -0.4 is 5.73 Å². The lowest BCUT2D eigenvalue weighted by atomic mass is 10.2. The Morgan fingerprint density at radius 2 is 2.24 bits per heavy atom. The second-order valence-electron chi connectivity index (χ2n) is 3.48. The number of rotatable bonds is 4. The summed E-state index contributed by atoms with van der Waals surface area (Å²) in [5, 5.41) is 9.26. The number of carbonyl (C=O) groups excluding carboxylic acids is 1. The van der Waals surface area contributed by atoms with Crippen LogP contribution >= 0.6 is 11.3 Å². The Labute approximate surface area is 101 Å². The second kappa shape index (κ2) is 5.01. The zero-order valence-corrected chi connectivity index (χ0v) is 9.71. The number of halogens is 1. The zero-order chi connectivity index (χ0) is 12.3. The highest BCUT2D eigenvalue weighted by Crippen LogP contribution is 2.24. The largest absolute Gasteiger partial charge is 0.370 e. The molecule has 1 heterocycles. The van der Waals surface area contributed by atoms with Crippen molar-refractivity contribution in [2.75, 3.05) is 0 Å². The van der Waals surface area contributed by atoms with Gasteiger partial charge in [0.15, 0.2) is 0 Å². The molecule has 0 radical (unpaired) electrons. The van der Waals surface area contributed by atoms with E-state index in [0.717, 1.165) is 5.01 Å². The first-order valence-corrected chi connectivity index (χ1v) is 5.83. The van der Waals surface area contributed by atoms with Crippen LogP contribution in [0.25, 0.3) is 10.6 Å². The molecule has 17 heavy (non-hydrogen) atoms. The first-order chi connectivity index (χ1) is 8.15. The fraction of sp³-hybridized carbons (Fsp3) is 0.182. The molecule has 88 valence electrons. The molecule has 2 N–H and O–H groups in total. The topological polar surface area (TPSA) is 68.9 Å². The predicted molar refractivity (Wildman–Crippen MR) is 62.8 cm³/mol. The SMILES string of the molecule is NC(=O)CCc1nnc(-c2cccc(F)c2)s1. The van der Waals surface area contributed by atoms with E-state index < -0.39 is 0 Å². The summed E-state index contributed by atoms with van der Waals surface area (Å²) in [6.07, 6.45) is 0.722. The maximum absolute atomic E-state index is 13.0. The highest BCUT2D eigenvalue weighted by atomic mass is 32.1. The van der Waals surface area contributed by atoms with Gasteiger partial charge < -0.3 is 5.73 Å². The van der Waals surface area contributed by atoms with Crippen molar-refractivity contribution in [3.63, 3.8) is 0 Å². The number of carbonyl (C=O) groups is 1. The summed E-state index contributed by atoms with van der Waals surface area (Å²) < 4.78 is 13.0.